The molecular formula is C17H19N3O. The molecule has 1 heterocycles. The Morgan fingerprint density at radius 1 is 1.38 bits per heavy atom. The Kier molecular flexibility index (Phi) is 4.91. The Balaban J connectivity index is 2.12. The van der Waals surface area contributed by atoms with Gasteiger partial charge in [0.25, 0.3) is 0 Å². The van der Waals surface area contributed by atoms with Gasteiger partial charge in [-0.25, -0.2) is 4.98 Å². The lowest BCUT2D eigenvalue weighted by molar-refractivity contribution is 0.303. The van der Waals surface area contributed by atoms with Gasteiger partial charge in [-0.1, -0.05) is 18.2 Å². The van der Waals surface area contributed by atoms with E-state index >= 15 is 0 Å². The van der Waals surface area contributed by atoms with Crippen molar-refractivity contribution in [3.8, 4) is 11.8 Å². The summed E-state index contributed by atoms with van der Waals surface area (Å²) in [5, 5.41) is 12.2. The lowest BCUT2D eigenvalue weighted by Crippen LogP contribution is -2.12. The van der Waals surface area contributed by atoms with Crippen LogP contribution in [0.25, 0.3) is 0 Å². The van der Waals surface area contributed by atoms with Crippen molar-refractivity contribution in [2.45, 2.75) is 26.5 Å². The highest BCUT2D eigenvalue weighted by Crippen LogP contribution is 2.23. The van der Waals surface area contributed by atoms with E-state index in [9.17, 15) is 0 Å². The molecular weight excluding hydrogens is 262 g/mol. The fraction of sp³-hybridized carbons (Fsp3) is 0.294. The second kappa shape index (κ2) is 6.87. The minimum absolute atomic E-state index is 0.307. The zero-order valence-corrected chi connectivity index (χ0v) is 12.6. The average Bonchev–Trinajstić information content (AvgIpc) is 2.53. The third-order valence-electron chi connectivity index (χ3n) is 3.51. The summed E-state index contributed by atoms with van der Waals surface area (Å²) in [5.41, 5.74) is 3.51. The highest BCUT2D eigenvalue weighted by molar-refractivity contribution is 5.38. The van der Waals surface area contributed by atoms with Gasteiger partial charge in [-0.2, -0.15) is 5.26 Å². The summed E-state index contributed by atoms with van der Waals surface area (Å²) in [6, 6.07) is 12.2. The van der Waals surface area contributed by atoms with Gasteiger partial charge in [0, 0.05) is 17.8 Å². The zero-order valence-electron chi connectivity index (χ0n) is 12.6. The summed E-state index contributed by atoms with van der Waals surface area (Å²) in [5.74, 6) is 0.829. The van der Waals surface area contributed by atoms with Crippen LogP contribution in [0.1, 0.15) is 35.3 Å². The van der Waals surface area contributed by atoms with Gasteiger partial charge >= 0.3 is 0 Å². The SMILES string of the molecule is CNC(C)c1ccc(OCc2cccnc2C#N)c(C)c1. The number of nitrogens with zero attached hydrogens (tertiary/aromatic N) is 2. The van der Waals surface area contributed by atoms with E-state index in [1.807, 2.05) is 32.2 Å². The number of aryl methyl sites for hydroxylation is 1. The van der Waals surface area contributed by atoms with Crippen molar-refractivity contribution < 1.29 is 4.74 Å². The maximum atomic E-state index is 9.02. The standard InChI is InChI=1S/C17H19N3O/c1-12-9-14(13(2)19-3)6-7-17(12)21-11-15-5-4-8-20-16(15)10-18/h4-9,13,19H,11H2,1-3H3. The number of aromatic nitrogens is 1. The molecule has 0 amide bonds. The number of nitrogens with one attached hydrogen (secondary N) is 1. The molecule has 0 saturated carbocycles. The molecule has 1 aromatic carbocycles. The Morgan fingerprint density at radius 2 is 2.19 bits per heavy atom. The molecule has 1 N–H and O–H groups in total. The van der Waals surface area contributed by atoms with Crippen LogP contribution in [0.15, 0.2) is 36.5 Å². The molecule has 0 fully saturated rings. The average molecular weight is 281 g/mol. The molecule has 108 valence electrons. The summed E-state index contributed by atoms with van der Waals surface area (Å²) in [6.45, 7) is 4.48. The second-order valence-corrected chi connectivity index (χ2v) is 4.95. The molecule has 1 aromatic heterocycles. The quantitative estimate of drug-likeness (QED) is 0.914. The van der Waals surface area contributed by atoms with E-state index in [0.29, 0.717) is 18.3 Å². The van der Waals surface area contributed by atoms with Crippen LogP contribution < -0.4 is 10.1 Å². The normalized spacial score (nSPS) is 11.7. The highest BCUT2D eigenvalue weighted by Gasteiger charge is 2.08. The van der Waals surface area contributed by atoms with E-state index in [1.54, 1.807) is 6.20 Å². The molecule has 2 rings (SSSR count). The Morgan fingerprint density at radius 3 is 2.86 bits per heavy atom. The molecule has 0 aliphatic carbocycles. The highest BCUT2D eigenvalue weighted by atomic mass is 16.5. The van der Waals surface area contributed by atoms with Crippen LogP contribution in [0.2, 0.25) is 0 Å². The molecule has 0 spiro atoms. The summed E-state index contributed by atoms with van der Waals surface area (Å²) < 4.78 is 5.82. The molecule has 4 nitrogen and oxygen atoms in total. The van der Waals surface area contributed by atoms with E-state index in [1.165, 1.54) is 5.56 Å². The van der Waals surface area contributed by atoms with Crippen LogP contribution in [-0.2, 0) is 6.61 Å². The van der Waals surface area contributed by atoms with E-state index in [0.717, 1.165) is 16.9 Å². The number of rotatable bonds is 5. The van der Waals surface area contributed by atoms with Gasteiger partial charge in [0.2, 0.25) is 0 Å². The first-order chi connectivity index (χ1) is 10.2. The second-order valence-electron chi connectivity index (χ2n) is 4.95. The minimum Gasteiger partial charge on any atom is -0.489 e. The summed E-state index contributed by atoms with van der Waals surface area (Å²) in [7, 11) is 1.94. The molecule has 1 unspecified atom stereocenters. The molecule has 2 aromatic rings. The van der Waals surface area contributed by atoms with E-state index in [-0.39, 0.29) is 0 Å². The predicted octanol–water partition coefficient (Wildman–Crippen LogP) is 3.12. The van der Waals surface area contributed by atoms with E-state index < -0.39 is 0 Å². The first-order valence-corrected chi connectivity index (χ1v) is 6.90. The van der Waals surface area contributed by atoms with Crippen molar-refractivity contribution in [1.82, 2.24) is 10.3 Å². The maximum Gasteiger partial charge on any atom is 0.147 e. The van der Waals surface area contributed by atoms with Crippen LogP contribution >= 0.6 is 0 Å². The van der Waals surface area contributed by atoms with Crippen LogP contribution in [0.4, 0.5) is 0 Å². The number of hydrogen-bond acceptors (Lipinski definition) is 4. The van der Waals surface area contributed by atoms with Crippen molar-refractivity contribution in [2.75, 3.05) is 7.05 Å². The van der Waals surface area contributed by atoms with Gasteiger partial charge in [0.05, 0.1) is 0 Å². The van der Waals surface area contributed by atoms with Crippen molar-refractivity contribution in [3.63, 3.8) is 0 Å². The molecule has 21 heavy (non-hydrogen) atoms. The van der Waals surface area contributed by atoms with Gasteiger partial charge in [0.15, 0.2) is 0 Å². The molecule has 4 heteroatoms. The number of ether oxygens (including phenoxy) is 1. The first-order valence-electron chi connectivity index (χ1n) is 6.90. The summed E-state index contributed by atoms with van der Waals surface area (Å²) in [4.78, 5) is 4.03. The largest absolute Gasteiger partial charge is 0.489 e. The molecule has 0 radical (unpaired) electrons. The maximum absolute atomic E-state index is 9.02. The van der Waals surface area contributed by atoms with Gasteiger partial charge in [-0.3, -0.25) is 0 Å². The van der Waals surface area contributed by atoms with Crippen molar-refractivity contribution in [1.29, 1.82) is 5.26 Å². The van der Waals surface area contributed by atoms with Gasteiger partial charge in [-0.05, 0) is 44.2 Å². The molecule has 0 aliphatic heterocycles. The zero-order chi connectivity index (χ0) is 15.2. The Labute approximate surface area is 125 Å². The van der Waals surface area contributed by atoms with Gasteiger partial charge in [0.1, 0.15) is 24.1 Å². The third-order valence-corrected chi connectivity index (χ3v) is 3.51. The van der Waals surface area contributed by atoms with Crippen molar-refractivity contribution in [2.24, 2.45) is 0 Å². The fourth-order valence-electron chi connectivity index (χ4n) is 2.08. The van der Waals surface area contributed by atoms with Crippen LogP contribution in [-0.4, -0.2) is 12.0 Å². The topological polar surface area (TPSA) is 57.9 Å². The third kappa shape index (κ3) is 3.59. The monoisotopic (exact) mass is 281 g/mol. The lowest BCUT2D eigenvalue weighted by atomic mass is 10.1. The van der Waals surface area contributed by atoms with Crippen LogP contribution in [0.5, 0.6) is 5.75 Å². The fourth-order valence-corrected chi connectivity index (χ4v) is 2.08. The number of benzene rings is 1. The number of nitriles is 1. The van der Waals surface area contributed by atoms with Crippen molar-refractivity contribution >= 4 is 0 Å². The van der Waals surface area contributed by atoms with Crippen LogP contribution in [0, 0.1) is 18.3 Å². The van der Waals surface area contributed by atoms with Gasteiger partial charge < -0.3 is 10.1 Å². The smallest absolute Gasteiger partial charge is 0.147 e. The predicted molar refractivity (Wildman–Crippen MR) is 81.9 cm³/mol. The first kappa shape index (κ1) is 15.0. The van der Waals surface area contributed by atoms with E-state index in [2.05, 4.69) is 35.4 Å². The van der Waals surface area contributed by atoms with Crippen LogP contribution in [0.3, 0.4) is 0 Å². The summed E-state index contributed by atoms with van der Waals surface area (Å²) in [6.07, 6.45) is 1.61. The van der Waals surface area contributed by atoms with Crippen molar-refractivity contribution in [3.05, 3.63) is 58.9 Å². The molecule has 1 atom stereocenters. The number of hydrogen-bond donors (Lipinski definition) is 1. The number of pyridine rings is 1. The van der Waals surface area contributed by atoms with Gasteiger partial charge in [-0.15, -0.1) is 0 Å². The minimum atomic E-state index is 0.307. The molecule has 0 saturated heterocycles. The summed E-state index contributed by atoms with van der Waals surface area (Å²) >= 11 is 0. The lowest BCUT2D eigenvalue weighted by Gasteiger charge is -2.14. The molecule has 0 aliphatic rings. The Bertz CT molecular complexity index is 661. The molecule has 0 bridgehead atoms. The van der Waals surface area contributed by atoms with E-state index in [4.69, 9.17) is 10.00 Å². The Hall–Kier alpha value is -2.38.